The Hall–Kier alpha value is -0.690. The van der Waals surface area contributed by atoms with Crippen molar-refractivity contribution in [2.24, 2.45) is 0 Å². The van der Waals surface area contributed by atoms with Crippen LogP contribution in [0, 0.1) is 0 Å². The maximum Gasteiger partial charge on any atom is 0.290 e. The van der Waals surface area contributed by atoms with Gasteiger partial charge in [-0.15, -0.1) is 0 Å². The first kappa shape index (κ1) is 20.3. The van der Waals surface area contributed by atoms with E-state index in [-0.39, 0.29) is 12.6 Å². The van der Waals surface area contributed by atoms with Crippen molar-refractivity contribution < 1.29 is 29.6 Å². The lowest BCUT2D eigenvalue weighted by Gasteiger charge is -2.35. The summed E-state index contributed by atoms with van der Waals surface area (Å²) in [5.41, 5.74) is 0. The molecule has 0 radical (unpaired) electrons. The first-order valence-electron chi connectivity index (χ1n) is 7.77. The zero-order chi connectivity index (χ0) is 16.1. The van der Waals surface area contributed by atoms with E-state index in [1.54, 1.807) is 6.92 Å². The van der Waals surface area contributed by atoms with Crippen LogP contribution >= 0.6 is 0 Å². The molecule has 3 unspecified atom stereocenters. The zero-order valence-corrected chi connectivity index (χ0v) is 13.1. The van der Waals surface area contributed by atoms with Crippen molar-refractivity contribution >= 4 is 6.47 Å². The third-order valence-electron chi connectivity index (χ3n) is 3.47. The van der Waals surface area contributed by atoms with E-state index in [0.717, 1.165) is 6.42 Å². The second-order valence-electron chi connectivity index (χ2n) is 5.32. The van der Waals surface area contributed by atoms with Gasteiger partial charge in [0.15, 0.2) is 6.29 Å². The lowest BCUT2D eigenvalue weighted by Crippen LogP contribution is -2.47. The molecule has 1 heterocycles. The fourth-order valence-corrected chi connectivity index (χ4v) is 2.18. The summed E-state index contributed by atoms with van der Waals surface area (Å²) in [5.74, 6) is 0. The highest BCUT2D eigenvalue weighted by Crippen LogP contribution is 2.21. The lowest BCUT2D eigenvalue weighted by atomic mass is 10.0. The monoisotopic (exact) mass is 306 g/mol. The molecule has 1 fully saturated rings. The second kappa shape index (κ2) is 13.0. The van der Waals surface area contributed by atoms with E-state index in [9.17, 15) is 10.2 Å². The van der Waals surface area contributed by atoms with Crippen LogP contribution in [0.1, 0.15) is 58.8 Å². The Kier molecular flexibility index (Phi) is 12.6. The summed E-state index contributed by atoms with van der Waals surface area (Å²) in [6.45, 7) is 4.38. The van der Waals surface area contributed by atoms with Gasteiger partial charge < -0.3 is 24.8 Å². The molecular formula is C15H30O6. The Morgan fingerprint density at radius 2 is 1.71 bits per heavy atom. The highest BCUT2D eigenvalue weighted by Gasteiger charge is 2.34. The van der Waals surface area contributed by atoms with Gasteiger partial charge in [-0.25, -0.2) is 0 Å². The van der Waals surface area contributed by atoms with Crippen LogP contribution in [0.2, 0.25) is 0 Å². The number of hydrogen-bond acceptors (Lipinski definition) is 5. The SMILES string of the molecule is CCCCCCCCOC1OC(C)C(O)C[C@@H]1O.O=CO. The van der Waals surface area contributed by atoms with E-state index in [2.05, 4.69) is 6.92 Å². The molecule has 126 valence electrons. The minimum atomic E-state index is -0.712. The topological polar surface area (TPSA) is 96.2 Å². The van der Waals surface area contributed by atoms with Crippen LogP contribution in [0.4, 0.5) is 0 Å². The van der Waals surface area contributed by atoms with Crippen molar-refractivity contribution in [2.75, 3.05) is 6.61 Å². The molecule has 0 aromatic rings. The number of carboxylic acid groups (broad SMARTS) is 1. The maximum absolute atomic E-state index is 9.72. The summed E-state index contributed by atoms with van der Waals surface area (Å²) in [7, 11) is 0. The highest BCUT2D eigenvalue weighted by atomic mass is 16.7. The molecule has 0 saturated carbocycles. The molecule has 1 saturated heterocycles. The Bertz CT molecular complexity index is 248. The third-order valence-corrected chi connectivity index (χ3v) is 3.47. The number of aliphatic hydroxyl groups excluding tert-OH is 2. The fraction of sp³-hybridized carbons (Fsp3) is 0.933. The largest absolute Gasteiger partial charge is 0.483 e. The minimum Gasteiger partial charge on any atom is -0.483 e. The fourth-order valence-electron chi connectivity index (χ4n) is 2.18. The molecule has 0 spiro atoms. The Labute approximate surface area is 127 Å². The lowest BCUT2D eigenvalue weighted by molar-refractivity contribution is -0.261. The van der Waals surface area contributed by atoms with Crippen LogP contribution in [-0.2, 0) is 14.3 Å². The van der Waals surface area contributed by atoms with Gasteiger partial charge >= 0.3 is 0 Å². The Morgan fingerprint density at radius 3 is 2.33 bits per heavy atom. The average Bonchev–Trinajstić information content (AvgIpc) is 2.44. The molecular weight excluding hydrogens is 276 g/mol. The Morgan fingerprint density at radius 1 is 1.14 bits per heavy atom. The number of rotatable bonds is 8. The van der Waals surface area contributed by atoms with Gasteiger partial charge in [0, 0.05) is 13.0 Å². The van der Waals surface area contributed by atoms with E-state index in [1.807, 2.05) is 0 Å². The molecule has 6 nitrogen and oxygen atoms in total. The Balaban J connectivity index is 0.00000122. The van der Waals surface area contributed by atoms with Crippen LogP contribution in [0.5, 0.6) is 0 Å². The molecule has 4 atom stereocenters. The van der Waals surface area contributed by atoms with E-state index < -0.39 is 18.5 Å². The molecule has 0 bridgehead atoms. The van der Waals surface area contributed by atoms with Gasteiger partial charge in [0.2, 0.25) is 0 Å². The van der Waals surface area contributed by atoms with Crippen molar-refractivity contribution in [3.63, 3.8) is 0 Å². The van der Waals surface area contributed by atoms with Crippen molar-refractivity contribution in [1.82, 2.24) is 0 Å². The summed E-state index contributed by atoms with van der Waals surface area (Å²) >= 11 is 0. The summed E-state index contributed by atoms with van der Waals surface area (Å²) in [6, 6.07) is 0. The van der Waals surface area contributed by atoms with Crippen molar-refractivity contribution in [2.45, 2.75) is 83.4 Å². The standard InChI is InChI=1S/C14H28O4.CH2O2/c1-3-4-5-6-7-8-9-17-14-13(16)10-12(15)11(2)18-14;2-1-3/h11-16H,3-10H2,1-2H3;1H,(H,2,3)/t11?,12?,13-,14?;/m0./s1. The van der Waals surface area contributed by atoms with Crippen molar-refractivity contribution in [3.8, 4) is 0 Å². The van der Waals surface area contributed by atoms with Gasteiger partial charge in [0.05, 0.1) is 12.2 Å². The molecule has 1 rings (SSSR count). The van der Waals surface area contributed by atoms with Crippen LogP contribution in [0.15, 0.2) is 0 Å². The van der Waals surface area contributed by atoms with Crippen molar-refractivity contribution in [3.05, 3.63) is 0 Å². The van der Waals surface area contributed by atoms with Crippen LogP contribution in [-0.4, -0.2) is 53.0 Å². The average molecular weight is 306 g/mol. The number of aliphatic hydroxyl groups is 2. The zero-order valence-electron chi connectivity index (χ0n) is 13.1. The molecule has 0 aromatic carbocycles. The number of ether oxygens (including phenoxy) is 2. The molecule has 1 aliphatic rings. The van der Waals surface area contributed by atoms with Gasteiger partial charge in [0.1, 0.15) is 6.10 Å². The predicted octanol–water partition coefficient (Wildman–Crippen LogP) is 1.92. The van der Waals surface area contributed by atoms with E-state index in [0.29, 0.717) is 13.0 Å². The van der Waals surface area contributed by atoms with Gasteiger partial charge in [-0.2, -0.15) is 0 Å². The molecule has 0 aliphatic carbocycles. The normalized spacial score (nSPS) is 28.6. The summed E-state index contributed by atoms with van der Waals surface area (Å²) in [5, 5.41) is 26.1. The second-order valence-corrected chi connectivity index (χ2v) is 5.32. The summed E-state index contributed by atoms with van der Waals surface area (Å²) < 4.78 is 11.0. The third kappa shape index (κ3) is 9.79. The minimum absolute atomic E-state index is 0.250. The van der Waals surface area contributed by atoms with Crippen LogP contribution in [0.25, 0.3) is 0 Å². The highest BCUT2D eigenvalue weighted by molar-refractivity contribution is 5.32. The number of carbonyl (C=O) groups is 1. The van der Waals surface area contributed by atoms with E-state index in [1.165, 1.54) is 32.1 Å². The van der Waals surface area contributed by atoms with Crippen LogP contribution in [0.3, 0.4) is 0 Å². The van der Waals surface area contributed by atoms with Crippen LogP contribution < -0.4 is 0 Å². The summed E-state index contributed by atoms with van der Waals surface area (Å²) in [4.78, 5) is 8.36. The number of hydrogen-bond donors (Lipinski definition) is 3. The van der Waals surface area contributed by atoms with Gasteiger partial charge in [-0.1, -0.05) is 39.0 Å². The first-order valence-corrected chi connectivity index (χ1v) is 7.77. The molecule has 1 aliphatic heterocycles. The number of unbranched alkanes of at least 4 members (excludes halogenated alkanes) is 5. The van der Waals surface area contributed by atoms with E-state index >= 15 is 0 Å². The summed E-state index contributed by atoms with van der Waals surface area (Å²) in [6.07, 6.45) is 5.49. The smallest absolute Gasteiger partial charge is 0.290 e. The van der Waals surface area contributed by atoms with Gasteiger partial charge in [-0.05, 0) is 13.3 Å². The molecule has 6 heteroatoms. The van der Waals surface area contributed by atoms with E-state index in [4.69, 9.17) is 19.4 Å². The molecule has 21 heavy (non-hydrogen) atoms. The quantitative estimate of drug-likeness (QED) is 0.468. The van der Waals surface area contributed by atoms with Crippen molar-refractivity contribution in [1.29, 1.82) is 0 Å². The maximum atomic E-state index is 9.72. The van der Waals surface area contributed by atoms with Gasteiger partial charge in [-0.3, -0.25) is 4.79 Å². The molecule has 3 N–H and O–H groups in total. The predicted molar refractivity (Wildman–Crippen MR) is 79.0 cm³/mol. The molecule has 0 aromatic heterocycles. The first-order chi connectivity index (χ1) is 10.1. The van der Waals surface area contributed by atoms with Gasteiger partial charge in [0.25, 0.3) is 6.47 Å². The molecule has 0 amide bonds.